The van der Waals surface area contributed by atoms with E-state index in [4.69, 9.17) is 0 Å². The number of carbonyl (C=O) groups excluding carboxylic acids is 1. The number of anilines is 2. The second-order valence-electron chi connectivity index (χ2n) is 4.66. The van der Waals surface area contributed by atoms with Crippen LogP contribution < -0.4 is 10.0 Å². The van der Waals surface area contributed by atoms with Gasteiger partial charge in [0, 0.05) is 21.8 Å². The van der Waals surface area contributed by atoms with Gasteiger partial charge in [0.15, 0.2) is 0 Å². The van der Waals surface area contributed by atoms with Gasteiger partial charge in [-0.25, -0.2) is 8.42 Å². The molecular weight excluding hydrogens is 308 g/mol. The molecule has 7 heteroatoms. The quantitative estimate of drug-likeness (QED) is 0.854. The summed E-state index contributed by atoms with van der Waals surface area (Å²) < 4.78 is 25.0. The molecule has 2 aromatic rings. The molecule has 0 saturated heterocycles. The third-order valence-corrected chi connectivity index (χ3v) is 4.36. The number of fused-ring (bicyclic) bond motifs is 1. The fourth-order valence-corrected chi connectivity index (χ4v) is 3.34. The van der Waals surface area contributed by atoms with Crippen molar-refractivity contribution in [2.45, 2.75) is 0 Å². The zero-order valence-electron chi connectivity index (χ0n) is 11.1. The lowest BCUT2D eigenvalue weighted by Crippen LogP contribution is -2.09. The largest absolute Gasteiger partial charge is 0.321 e. The number of nitrogens with one attached hydrogen (secondary N) is 2. The Labute approximate surface area is 126 Å². The summed E-state index contributed by atoms with van der Waals surface area (Å²) in [6.45, 7) is 0. The summed E-state index contributed by atoms with van der Waals surface area (Å²) >= 11 is 1.53. The number of thiophene rings is 1. The molecule has 0 saturated carbocycles. The Morgan fingerprint density at radius 1 is 1.29 bits per heavy atom. The third kappa shape index (κ3) is 2.98. The SMILES string of the molecule is CS(=O)(=O)Nc1ccc2c(c1)/C(=C/c1cccs1)C(=O)N2. The Bertz CT molecular complexity index is 837. The Morgan fingerprint density at radius 2 is 2.10 bits per heavy atom. The molecule has 108 valence electrons. The topological polar surface area (TPSA) is 75.3 Å². The van der Waals surface area contributed by atoms with Gasteiger partial charge in [0.1, 0.15) is 0 Å². The van der Waals surface area contributed by atoms with Gasteiger partial charge in [0.2, 0.25) is 10.0 Å². The summed E-state index contributed by atoms with van der Waals surface area (Å²) in [5, 5.41) is 4.70. The number of benzene rings is 1. The first-order chi connectivity index (χ1) is 9.92. The summed E-state index contributed by atoms with van der Waals surface area (Å²) in [6.07, 6.45) is 2.89. The first-order valence-corrected chi connectivity index (χ1v) is 8.88. The average molecular weight is 320 g/mol. The van der Waals surface area contributed by atoms with Crippen molar-refractivity contribution in [3.05, 3.63) is 46.2 Å². The van der Waals surface area contributed by atoms with Crippen molar-refractivity contribution in [1.29, 1.82) is 0 Å². The molecule has 1 amide bonds. The van der Waals surface area contributed by atoms with Gasteiger partial charge >= 0.3 is 0 Å². The second kappa shape index (κ2) is 5.01. The van der Waals surface area contributed by atoms with Crippen molar-refractivity contribution in [3.63, 3.8) is 0 Å². The molecule has 1 aliphatic heterocycles. The minimum atomic E-state index is -3.35. The van der Waals surface area contributed by atoms with Crippen molar-refractivity contribution < 1.29 is 13.2 Å². The average Bonchev–Trinajstić information content (AvgIpc) is 2.98. The Kier molecular flexibility index (Phi) is 3.30. The molecule has 2 N–H and O–H groups in total. The smallest absolute Gasteiger partial charge is 0.256 e. The zero-order chi connectivity index (χ0) is 15.0. The number of rotatable bonds is 3. The summed E-state index contributed by atoms with van der Waals surface area (Å²) in [5.41, 5.74) is 2.35. The van der Waals surface area contributed by atoms with Crippen molar-refractivity contribution in [3.8, 4) is 0 Å². The molecule has 1 aromatic carbocycles. The minimum absolute atomic E-state index is 0.185. The highest BCUT2D eigenvalue weighted by Gasteiger charge is 2.24. The molecule has 0 radical (unpaired) electrons. The fourth-order valence-electron chi connectivity index (χ4n) is 2.12. The Hall–Kier alpha value is -2.12. The molecule has 2 heterocycles. The second-order valence-corrected chi connectivity index (χ2v) is 7.39. The predicted molar refractivity (Wildman–Crippen MR) is 85.7 cm³/mol. The number of amides is 1. The van der Waals surface area contributed by atoms with Crippen LogP contribution in [-0.2, 0) is 14.8 Å². The zero-order valence-corrected chi connectivity index (χ0v) is 12.7. The van der Waals surface area contributed by atoms with Gasteiger partial charge in [0.25, 0.3) is 5.91 Å². The molecule has 0 bridgehead atoms. The molecule has 5 nitrogen and oxygen atoms in total. The molecule has 0 atom stereocenters. The first-order valence-electron chi connectivity index (χ1n) is 6.11. The van der Waals surface area contributed by atoms with E-state index in [-0.39, 0.29) is 5.91 Å². The molecule has 21 heavy (non-hydrogen) atoms. The van der Waals surface area contributed by atoms with Gasteiger partial charge < -0.3 is 5.32 Å². The van der Waals surface area contributed by atoms with Crippen LogP contribution >= 0.6 is 11.3 Å². The monoisotopic (exact) mass is 320 g/mol. The van der Waals surface area contributed by atoms with Crippen LogP contribution in [-0.4, -0.2) is 20.6 Å². The van der Waals surface area contributed by atoms with Crippen LogP contribution in [0.5, 0.6) is 0 Å². The van der Waals surface area contributed by atoms with E-state index >= 15 is 0 Å². The van der Waals surface area contributed by atoms with Crippen LogP contribution in [0.25, 0.3) is 11.6 Å². The highest BCUT2D eigenvalue weighted by molar-refractivity contribution is 7.92. The Morgan fingerprint density at radius 3 is 2.76 bits per heavy atom. The van der Waals surface area contributed by atoms with Crippen LogP contribution in [0.1, 0.15) is 10.4 Å². The predicted octanol–water partition coefficient (Wildman–Crippen LogP) is 2.61. The van der Waals surface area contributed by atoms with Crippen LogP contribution in [0.4, 0.5) is 11.4 Å². The maximum absolute atomic E-state index is 12.0. The molecule has 3 rings (SSSR count). The van der Waals surface area contributed by atoms with E-state index in [0.29, 0.717) is 22.5 Å². The molecule has 1 aliphatic rings. The minimum Gasteiger partial charge on any atom is -0.321 e. The van der Waals surface area contributed by atoms with E-state index in [0.717, 1.165) is 11.1 Å². The van der Waals surface area contributed by atoms with Crippen molar-refractivity contribution in [2.24, 2.45) is 0 Å². The molecule has 0 unspecified atom stereocenters. The molecule has 0 aliphatic carbocycles. The van der Waals surface area contributed by atoms with E-state index in [1.807, 2.05) is 17.5 Å². The number of hydrogen-bond acceptors (Lipinski definition) is 4. The Balaban J connectivity index is 2.05. The fraction of sp³-hybridized carbons (Fsp3) is 0.0714. The van der Waals surface area contributed by atoms with Crippen LogP contribution in [0.3, 0.4) is 0 Å². The van der Waals surface area contributed by atoms with Crippen LogP contribution in [0.2, 0.25) is 0 Å². The van der Waals surface area contributed by atoms with E-state index in [9.17, 15) is 13.2 Å². The maximum Gasteiger partial charge on any atom is 0.256 e. The molecule has 0 fully saturated rings. The van der Waals surface area contributed by atoms with E-state index < -0.39 is 10.0 Å². The lowest BCUT2D eigenvalue weighted by atomic mass is 10.1. The van der Waals surface area contributed by atoms with Gasteiger partial charge in [-0.05, 0) is 35.7 Å². The number of carbonyl (C=O) groups is 1. The van der Waals surface area contributed by atoms with Gasteiger partial charge in [-0.1, -0.05) is 6.07 Å². The van der Waals surface area contributed by atoms with Gasteiger partial charge in [-0.15, -0.1) is 11.3 Å². The number of hydrogen-bond donors (Lipinski definition) is 2. The first kappa shape index (κ1) is 13.8. The van der Waals surface area contributed by atoms with Gasteiger partial charge in [-0.2, -0.15) is 0 Å². The summed E-state index contributed by atoms with van der Waals surface area (Å²) in [6, 6.07) is 8.80. The standard InChI is InChI=1S/C14H12N2O3S2/c1-21(18,19)16-9-4-5-13-11(7-9)12(14(17)15-13)8-10-3-2-6-20-10/h2-8,16H,1H3,(H,15,17)/b12-8-. The highest BCUT2D eigenvalue weighted by Crippen LogP contribution is 2.35. The highest BCUT2D eigenvalue weighted by atomic mass is 32.2. The maximum atomic E-state index is 12.0. The van der Waals surface area contributed by atoms with Gasteiger partial charge in [0.05, 0.1) is 11.8 Å². The summed E-state index contributed by atoms with van der Waals surface area (Å²) in [5.74, 6) is -0.185. The summed E-state index contributed by atoms with van der Waals surface area (Å²) in [7, 11) is -3.35. The van der Waals surface area contributed by atoms with E-state index in [1.54, 1.807) is 24.3 Å². The lowest BCUT2D eigenvalue weighted by molar-refractivity contribution is -0.110. The van der Waals surface area contributed by atoms with Crippen molar-refractivity contribution in [1.82, 2.24) is 0 Å². The third-order valence-electron chi connectivity index (χ3n) is 2.94. The lowest BCUT2D eigenvalue weighted by Gasteiger charge is -2.06. The van der Waals surface area contributed by atoms with Crippen molar-refractivity contribution in [2.75, 3.05) is 16.3 Å². The van der Waals surface area contributed by atoms with Crippen molar-refractivity contribution >= 4 is 50.3 Å². The number of sulfonamides is 1. The molecular formula is C14H12N2O3S2. The summed E-state index contributed by atoms with van der Waals surface area (Å²) in [4.78, 5) is 13.0. The molecule has 0 spiro atoms. The normalized spacial score (nSPS) is 15.9. The van der Waals surface area contributed by atoms with Crippen LogP contribution in [0.15, 0.2) is 35.7 Å². The van der Waals surface area contributed by atoms with Gasteiger partial charge in [-0.3, -0.25) is 9.52 Å². The van der Waals surface area contributed by atoms with E-state index in [1.165, 1.54) is 11.3 Å². The van der Waals surface area contributed by atoms with E-state index in [2.05, 4.69) is 10.0 Å². The molecule has 1 aromatic heterocycles. The van der Waals surface area contributed by atoms with Crippen LogP contribution in [0, 0.1) is 0 Å².